The van der Waals surface area contributed by atoms with Gasteiger partial charge in [0.2, 0.25) is 10.0 Å². The lowest BCUT2D eigenvalue weighted by Gasteiger charge is -2.25. The molecule has 2 aromatic carbocycles. The molecule has 2 aromatic rings. The topological polar surface area (TPSA) is 95.6 Å². The van der Waals surface area contributed by atoms with Crippen molar-refractivity contribution in [2.75, 3.05) is 13.1 Å². The molecule has 1 aliphatic rings. The second kappa shape index (κ2) is 8.66. The number of piperidine rings is 1. The molecule has 0 radical (unpaired) electrons. The summed E-state index contributed by atoms with van der Waals surface area (Å²) in [5.41, 5.74) is 4.17. The van der Waals surface area contributed by atoms with Crippen LogP contribution in [0.15, 0.2) is 47.4 Å². The van der Waals surface area contributed by atoms with Crippen molar-refractivity contribution in [3.05, 3.63) is 65.2 Å². The summed E-state index contributed by atoms with van der Waals surface area (Å²) in [7, 11) is -3.61. The van der Waals surface area contributed by atoms with Crippen molar-refractivity contribution >= 4 is 21.8 Å². The molecule has 1 saturated heterocycles. The number of sulfonamides is 1. The van der Waals surface area contributed by atoms with Gasteiger partial charge in [0.25, 0.3) is 11.8 Å². The Bertz CT molecular complexity index is 1020. The second-order valence-electron chi connectivity index (χ2n) is 6.53. The zero-order valence-corrected chi connectivity index (χ0v) is 16.1. The Balaban J connectivity index is 1.62. The highest BCUT2D eigenvalue weighted by atomic mass is 32.2. The Labute approximate surface area is 166 Å². The molecule has 0 saturated carbocycles. The first-order valence-corrected chi connectivity index (χ1v) is 10.4. The van der Waals surface area contributed by atoms with Crippen molar-refractivity contribution in [3.8, 4) is 0 Å². The Hall–Kier alpha value is -2.85. The van der Waals surface area contributed by atoms with Crippen LogP contribution in [0.1, 0.15) is 40.0 Å². The van der Waals surface area contributed by atoms with Crippen LogP contribution in [0.4, 0.5) is 8.78 Å². The molecule has 10 heteroatoms. The van der Waals surface area contributed by atoms with Crippen LogP contribution in [-0.4, -0.2) is 37.6 Å². The fourth-order valence-electron chi connectivity index (χ4n) is 2.93. The van der Waals surface area contributed by atoms with Gasteiger partial charge < -0.3 is 0 Å². The van der Waals surface area contributed by atoms with Gasteiger partial charge in [0.05, 0.1) is 4.90 Å². The van der Waals surface area contributed by atoms with Crippen LogP contribution in [0.3, 0.4) is 0 Å². The van der Waals surface area contributed by atoms with Gasteiger partial charge >= 0.3 is 0 Å². The number of benzene rings is 2. The quantitative estimate of drug-likeness (QED) is 0.737. The second-order valence-corrected chi connectivity index (χ2v) is 8.46. The average molecular weight is 423 g/mol. The van der Waals surface area contributed by atoms with Crippen molar-refractivity contribution in [3.63, 3.8) is 0 Å². The summed E-state index contributed by atoms with van der Waals surface area (Å²) in [6.45, 7) is 0.946. The molecule has 0 aliphatic carbocycles. The zero-order valence-electron chi connectivity index (χ0n) is 15.3. The van der Waals surface area contributed by atoms with Gasteiger partial charge in [-0.05, 0) is 55.3 Å². The van der Waals surface area contributed by atoms with E-state index in [1.807, 2.05) is 0 Å². The van der Waals surface area contributed by atoms with E-state index in [1.54, 1.807) is 0 Å². The van der Waals surface area contributed by atoms with E-state index in [1.165, 1.54) is 28.6 Å². The molecule has 1 aliphatic heterocycles. The van der Waals surface area contributed by atoms with Gasteiger partial charge in [-0.25, -0.2) is 17.2 Å². The maximum absolute atomic E-state index is 13.2. The van der Waals surface area contributed by atoms with Gasteiger partial charge in [-0.15, -0.1) is 0 Å². The van der Waals surface area contributed by atoms with Crippen LogP contribution in [-0.2, 0) is 10.0 Å². The molecule has 29 heavy (non-hydrogen) atoms. The zero-order chi connectivity index (χ0) is 21.0. The molecule has 0 spiro atoms. The molecule has 0 atom stereocenters. The summed E-state index contributed by atoms with van der Waals surface area (Å²) in [5.74, 6) is -3.80. The van der Waals surface area contributed by atoms with Crippen molar-refractivity contribution in [1.29, 1.82) is 0 Å². The van der Waals surface area contributed by atoms with Gasteiger partial charge in [-0.1, -0.05) is 6.42 Å². The predicted molar refractivity (Wildman–Crippen MR) is 100 cm³/mol. The Morgan fingerprint density at radius 1 is 0.793 bits per heavy atom. The van der Waals surface area contributed by atoms with Gasteiger partial charge in [-0.3, -0.25) is 20.4 Å². The summed E-state index contributed by atoms with van der Waals surface area (Å²) in [6.07, 6.45) is 2.64. The Morgan fingerprint density at radius 2 is 1.34 bits per heavy atom. The van der Waals surface area contributed by atoms with Gasteiger partial charge in [0.15, 0.2) is 11.6 Å². The number of nitrogens with one attached hydrogen (secondary N) is 2. The average Bonchev–Trinajstić information content (AvgIpc) is 2.74. The molecule has 3 rings (SSSR count). The number of hydrazine groups is 1. The molecular weight excluding hydrogens is 404 g/mol. The van der Waals surface area contributed by atoms with E-state index in [0.29, 0.717) is 19.2 Å². The smallest absolute Gasteiger partial charge is 0.267 e. The minimum Gasteiger partial charge on any atom is -0.267 e. The van der Waals surface area contributed by atoms with E-state index in [0.717, 1.165) is 31.4 Å². The number of hydrogen-bond donors (Lipinski definition) is 2. The van der Waals surface area contributed by atoms with Crippen LogP contribution in [0.5, 0.6) is 0 Å². The Kier molecular flexibility index (Phi) is 6.23. The lowest BCUT2D eigenvalue weighted by atomic mass is 10.2. The van der Waals surface area contributed by atoms with E-state index < -0.39 is 33.5 Å². The predicted octanol–water partition coefficient (Wildman–Crippen LogP) is 2.21. The van der Waals surface area contributed by atoms with Crippen molar-refractivity contribution in [2.45, 2.75) is 24.2 Å². The SMILES string of the molecule is O=C(NNC(=O)c1ccc(F)c(F)c1)c1ccc(S(=O)(=O)N2CCCCC2)cc1. The van der Waals surface area contributed by atoms with Crippen LogP contribution < -0.4 is 10.9 Å². The molecule has 154 valence electrons. The fourth-order valence-corrected chi connectivity index (χ4v) is 4.44. The largest absolute Gasteiger partial charge is 0.269 e. The van der Waals surface area contributed by atoms with Crippen molar-refractivity contribution in [2.24, 2.45) is 0 Å². The van der Waals surface area contributed by atoms with Crippen LogP contribution in [0.2, 0.25) is 0 Å². The normalized spacial score (nSPS) is 15.0. The first kappa shape index (κ1) is 20.9. The number of carbonyl (C=O) groups is 2. The monoisotopic (exact) mass is 423 g/mol. The van der Waals surface area contributed by atoms with Crippen molar-refractivity contribution in [1.82, 2.24) is 15.2 Å². The lowest BCUT2D eigenvalue weighted by molar-refractivity contribution is 0.0846. The number of carbonyl (C=O) groups excluding carboxylic acids is 2. The van der Waals surface area contributed by atoms with Gasteiger partial charge in [0.1, 0.15) is 0 Å². The van der Waals surface area contributed by atoms with Gasteiger partial charge in [0, 0.05) is 24.2 Å². The third kappa shape index (κ3) is 4.77. The van der Waals surface area contributed by atoms with Crippen LogP contribution in [0.25, 0.3) is 0 Å². The first-order valence-electron chi connectivity index (χ1n) is 8.95. The maximum Gasteiger partial charge on any atom is 0.269 e. The summed E-state index contributed by atoms with van der Waals surface area (Å²) in [6, 6.07) is 7.89. The summed E-state index contributed by atoms with van der Waals surface area (Å²) in [5, 5.41) is 0. The minimum absolute atomic E-state index is 0.0850. The maximum atomic E-state index is 13.2. The van der Waals surface area contributed by atoms with E-state index in [2.05, 4.69) is 10.9 Å². The summed E-state index contributed by atoms with van der Waals surface area (Å²) < 4.78 is 52.7. The molecule has 2 amide bonds. The molecular formula is C19H19F2N3O4S. The minimum atomic E-state index is -3.61. The molecule has 0 aromatic heterocycles. The first-order chi connectivity index (χ1) is 13.8. The highest BCUT2D eigenvalue weighted by molar-refractivity contribution is 7.89. The molecule has 0 unspecified atom stereocenters. The number of nitrogens with zero attached hydrogens (tertiary/aromatic N) is 1. The third-order valence-electron chi connectivity index (χ3n) is 4.54. The third-order valence-corrected chi connectivity index (χ3v) is 6.45. The van der Waals surface area contributed by atoms with E-state index in [-0.39, 0.29) is 16.0 Å². The highest BCUT2D eigenvalue weighted by Crippen LogP contribution is 2.20. The van der Waals surface area contributed by atoms with E-state index in [9.17, 15) is 26.8 Å². The number of rotatable bonds is 4. The molecule has 2 N–H and O–H groups in total. The van der Waals surface area contributed by atoms with Crippen molar-refractivity contribution < 1.29 is 26.8 Å². The lowest BCUT2D eigenvalue weighted by Crippen LogP contribution is -2.41. The van der Waals surface area contributed by atoms with E-state index in [4.69, 9.17) is 0 Å². The number of hydrogen-bond acceptors (Lipinski definition) is 4. The Morgan fingerprint density at radius 3 is 1.93 bits per heavy atom. The van der Waals surface area contributed by atoms with Crippen LogP contribution >= 0.6 is 0 Å². The summed E-state index contributed by atoms with van der Waals surface area (Å²) in [4.78, 5) is 24.1. The van der Waals surface area contributed by atoms with Crippen LogP contribution in [0, 0.1) is 11.6 Å². The highest BCUT2D eigenvalue weighted by Gasteiger charge is 2.26. The number of amides is 2. The fraction of sp³-hybridized carbons (Fsp3) is 0.263. The number of halogens is 2. The van der Waals surface area contributed by atoms with E-state index >= 15 is 0 Å². The molecule has 1 heterocycles. The molecule has 0 bridgehead atoms. The molecule has 7 nitrogen and oxygen atoms in total. The van der Waals surface area contributed by atoms with Gasteiger partial charge in [-0.2, -0.15) is 4.31 Å². The summed E-state index contributed by atoms with van der Waals surface area (Å²) >= 11 is 0. The molecule has 1 fully saturated rings. The standard InChI is InChI=1S/C19H19F2N3O4S/c20-16-9-6-14(12-17(16)21)19(26)23-22-18(25)13-4-7-15(8-5-13)29(27,28)24-10-2-1-3-11-24/h4-9,12H,1-3,10-11H2,(H,22,25)(H,23,26).